The van der Waals surface area contributed by atoms with E-state index < -0.39 is 0 Å². The topological polar surface area (TPSA) is 56.2 Å². The number of hydrogen-bond acceptors (Lipinski definition) is 3. The Morgan fingerprint density at radius 2 is 2.04 bits per heavy atom. The third-order valence-corrected chi connectivity index (χ3v) is 3.73. The lowest BCUT2D eigenvalue weighted by atomic mass is 10.1. The summed E-state index contributed by atoms with van der Waals surface area (Å²) in [7, 11) is 1.61. The molecular weight excluding hydrogens is 314 g/mol. The normalized spacial score (nSPS) is 10.3. The highest BCUT2D eigenvalue weighted by Crippen LogP contribution is 2.26. The number of aromatic nitrogens is 2. The van der Waals surface area contributed by atoms with Gasteiger partial charge in [-0.05, 0) is 24.3 Å². The fourth-order valence-electron chi connectivity index (χ4n) is 2.50. The van der Waals surface area contributed by atoms with E-state index in [1.54, 1.807) is 24.1 Å². The van der Waals surface area contributed by atoms with Crippen LogP contribution in [0.5, 0.6) is 5.75 Å². The molecule has 0 aliphatic rings. The van der Waals surface area contributed by atoms with Gasteiger partial charge in [-0.3, -0.25) is 4.79 Å². The number of hydrogen-bond donors (Lipinski definition) is 1. The van der Waals surface area contributed by atoms with E-state index in [1.165, 1.54) is 0 Å². The van der Waals surface area contributed by atoms with E-state index in [-0.39, 0.29) is 5.91 Å². The summed E-state index contributed by atoms with van der Waals surface area (Å²) in [4.78, 5) is 12.6. The maximum Gasteiger partial charge on any atom is 0.255 e. The molecule has 2 aromatic carbocycles. The summed E-state index contributed by atoms with van der Waals surface area (Å²) in [5.74, 6) is 0.518. The van der Waals surface area contributed by atoms with Crippen LogP contribution in [0.2, 0.25) is 0 Å². The van der Waals surface area contributed by atoms with Gasteiger partial charge in [-0.1, -0.05) is 36.4 Å². The van der Waals surface area contributed by atoms with Crippen LogP contribution in [0.3, 0.4) is 0 Å². The summed E-state index contributed by atoms with van der Waals surface area (Å²) >= 11 is 0. The lowest BCUT2D eigenvalue weighted by Gasteiger charge is -2.05. The van der Waals surface area contributed by atoms with Crippen molar-refractivity contribution < 1.29 is 9.53 Å². The predicted octanol–water partition coefficient (Wildman–Crippen LogP) is 3.46. The molecule has 1 heterocycles. The van der Waals surface area contributed by atoms with Crippen molar-refractivity contribution in [3.63, 3.8) is 0 Å². The summed E-state index contributed by atoms with van der Waals surface area (Å²) in [6.45, 7) is 4.03. The molecule has 0 bridgehead atoms. The minimum Gasteiger partial charge on any atom is -0.497 e. The Morgan fingerprint density at radius 1 is 1.24 bits per heavy atom. The van der Waals surface area contributed by atoms with Crippen LogP contribution < -0.4 is 10.1 Å². The van der Waals surface area contributed by atoms with E-state index in [9.17, 15) is 4.79 Å². The standard InChI is InChI=1S/C20H19N3O2/c1-3-12-21-20(24)18-14-23(16-9-5-4-6-10-16)22-19(18)15-8-7-11-17(13-15)25-2/h3-11,13-14H,1,12H2,2H3,(H,21,24). The molecule has 126 valence electrons. The largest absolute Gasteiger partial charge is 0.497 e. The summed E-state index contributed by atoms with van der Waals surface area (Å²) in [5.41, 5.74) is 2.80. The molecule has 1 amide bonds. The van der Waals surface area contributed by atoms with E-state index in [0.717, 1.165) is 11.3 Å². The van der Waals surface area contributed by atoms with Gasteiger partial charge in [0, 0.05) is 18.3 Å². The molecule has 0 aliphatic heterocycles. The molecule has 0 fully saturated rings. The predicted molar refractivity (Wildman–Crippen MR) is 98.1 cm³/mol. The molecule has 25 heavy (non-hydrogen) atoms. The average Bonchev–Trinajstić information content (AvgIpc) is 3.12. The Balaban J connectivity index is 2.09. The number of rotatable bonds is 6. The molecule has 0 saturated heterocycles. The average molecular weight is 333 g/mol. The van der Waals surface area contributed by atoms with Crippen molar-refractivity contribution in [1.82, 2.24) is 15.1 Å². The molecule has 0 spiro atoms. The first-order valence-corrected chi connectivity index (χ1v) is 7.91. The maximum atomic E-state index is 12.6. The lowest BCUT2D eigenvalue weighted by molar-refractivity contribution is 0.0958. The summed E-state index contributed by atoms with van der Waals surface area (Å²) in [6.07, 6.45) is 3.38. The van der Waals surface area contributed by atoms with Crippen LogP contribution in [0.1, 0.15) is 10.4 Å². The summed E-state index contributed by atoms with van der Waals surface area (Å²) in [5, 5.41) is 7.44. The SMILES string of the molecule is C=CCNC(=O)c1cn(-c2ccccc2)nc1-c1cccc(OC)c1. The Morgan fingerprint density at radius 3 is 2.76 bits per heavy atom. The highest BCUT2D eigenvalue weighted by atomic mass is 16.5. The number of benzene rings is 2. The number of carbonyl (C=O) groups is 1. The van der Waals surface area contributed by atoms with Crippen LogP contribution >= 0.6 is 0 Å². The maximum absolute atomic E-state index is 12.6. The van der Waals surface area contributed by atoms with Gasteiger partial charge in [0.1, 0.15) is 11.4 Å². The highest BCUT2D eigenvalue weighted by Gasteiger charge is 2.18. The van der Waals surface area contributed by atoms with Crippen LogP contribution in [-0.4, -0.2) is 29.3 Å². The summed E-state index contributed by atoms with van der Waals surface area (Å²) < 4.78 is 6.99. The lowest BCUT2D eigenvalue weighted by Crippen LogP contribution is -2.23. The van der Waals surface area contributed by atoms with Gasteiger partial charge in [0.25, 0.3) is 5.91 Å². The first kappa shape index (κ1) is 16.5. The Hall–Kier alpha value is -3.34. The van der Waals surface area contributed by atoms with Crippen molar-refractivity contribution in [1.29, 1.82) is 0 Å². The first-order valence-electron chi connectivity index (χ1n) is 7.91. The molecule has 5 nitrogen and oxygen atoms in total. The quantitative estimate of drug-likeness (QED) is 0.703. The van der Waals surface area contributed by atoms with Gasteiger partial charge in [0.05, 0.1) is 18.4 Å². The molecule has 5 heteroatoms. The van der Waals surface area contributed by atoms with Crippen LogP contribution in [0, 0.1) is 0 Å². The smallest absolute Gasteiger partial charge is 0.255 e. The Labute approximate surface area is 146 Å². The molecule has 0 aliphatic carbocycles. The van der Waals surface area contributed by atoms with Gasteiger partial charge >= 0.3 is 0 Å². The number of para-hydroxylation sites is 1. The molecule has 3 aromatic rings. The highest BCUT2D eigenvalue weighted by molar-refractivity contribution is 6.00. The fraction of sp³-hybridized carbons (Fsp3) is 0.100. The Bertz CT molecular complexity index is 885. The second-order valence-corrected chi connectivity index (χ2v) is 5.40. The van der Waals surface area contributed by atoms with Gasteiger partial charge in [-0.15, -0.1) is 6.58 Å². The first-order chi connectivity index (χ1) is 12.2. The van der Waals surface area contributed by atoms with Crippen LogP contribution in [0.25, 0.3) is 16.9 Å². The fourth-order valence-corrected chi connectivity index (χ4v) is 2.50. The van der Waals surface area contributed by atoms with Crippen molar-refractivity contribution in [2.75, 3.05) is 13.7 Å². The van der Waals surface area contributed by atoms with E-state index in [1.807, 2.05) is 54.6 Å². The molecule has 1 N–H and O–H groups in total. The van der Waals surface area contributed by atoms with Crippen LogP contribution in [0.15, 0.2) is 73.4 Å². The zero-order chi connectivity index (χ0) is 17.6. The molecule has 1 aromatic heterocycles. The third-order valence-electron chi connectivity index (χ3n) is 3.73. The molecule has 0 atom stereocenters. The van der Waals surface area contributed by atoms with Gasteiger partial charge in [0.2, 0.25) is 0 Å². The minimum absolute atomic E-state index is 0.195. The van der Waals surface area contributed by atoms with E-state index in [0.29, 0.717) is 23.6 Å². The van der Waals surface area contributed by atoms with Gasteiger partial charge in [-0.25, -0.2) is 4.68 Å². The number of methoxy groups -OCH3 is 1. The van der Waals surface area contributed by atoms with Crippen LogP contribution in [0.4, 0.5) is 0 Å². The van der Waals surface area contributed by atoms with Crippen molar-refractivity contribution in [2.24, 2.45) is 0 Å². The zero-order valence-corrected chi connectivity index (χ0v) is 14.0. The molecule has 0 saturated carbocycles. The van der Waals surface area contributed by atoms with E-state index in [4.69, 9.17) is 4.74 Å². The molecule has 0 radical (unpaired) electrons. The van der Waals surface area contributed by atoms with Crippen molar-refractivity contribution in [3.8, 4) is 22.7 Å². The Kier molecular flexibility index (Phi) is 4.95. The number of ether oxygens (including phenoxy) is 1. The number of nitrogens with zero attached hydrogens (tertiary/aromatic N) is 2. The second kappa shape index (κ2) is 7.49. The third kappa shape index (κ3) is 3.61. The van der Waals surface area contributed by atoms with Gasteiger partial charge in [-0.2, -0.15) is 5.10 Å². The second-order valence-electron chi connectivity index (χ2n) is 5.40. The van der Waals surface area contributed by atoms with E-state index >= 15 is 0 Å². The van der Waals surface area contributed by atoms with E-state index in [2.05, 4.69) is 17.0 Å². The van der Waals surface area contributed by atoms with Crippen LogP contribution in [-0.2, 0) is 0 Å². The van der Waals surface area contributed by atoms with Crippen molar-refractivity contribution in [3.05, 3.63) is 79.0 Å². The zero-order valence-electron chi connectivity index (χ0n) is 14.0. The number of amides is 1. The van der Waals surface area contributed by atoms with Gasteiger partial charge < -0.3 is 10.1 Å². The number of nitrogens with one attached hydrogen (secondary N) is 1. The monoisotopic (exact) mass is 333 g/mol. The molecule has 3 rings (SSSR count). The molecule has 0 unspecified atom stereocenters. The van der Waals surface area contributed by atoms with Crippen molar-refractivity contribution >= 4 is 5.91 Å². The minimum atomic E-state index is -0.195. The summed E-state index contributed by atoms with van der Waals surface area (Å²) in [6, 6.07) is 17.2. The van der Waals surface area contributed by atoms with Crippen molar-refractivity contribution in [2.45, 2.75) is 0 Å². The number of carbonyl (C=O) groups excluding carboxylic acids is 1. The van der Waals surface area contributed by atoms with Gasteiger partial charge in [0.15, 0.2) is 0 Å². The molecular formula is C20H19N3O2.